The maximum Gasteiger partial charge on any atom is 0.306 e. The Bertz CT molecular complexity index is 506. The number of carbonyl (C=O) groups is 1. The molecule has 0 amide bonds. The van der Waals surface area contributed by atoms with Crippen molar-refractivity contribution in [2.45, 2.75) is 24.2 Å². The van der Waals surface area contributed by atoms with E-state index in [9.17, 15) is 9.18 Å². The van der Waals surface area contributed by atoms with Crippen molar-refractivity contribution in [3.05, 3.63) is 23.0 Å². The largest absolute Gasteiger partial charge is 0.469 e. The lowest BCUT2D eigenvalue weighted by atomic mass is 10.1. The van der Waals surface area contributed by atoms with Gasteiger partial charge in [-0.2, -0.15) is 0 Å². The summed E-state index contributed by atoms with van der Waals surface area (Å²) in [5, 5.41) is 0.0644. The van der Waals surface area contributed by atoms with E-state index in [4.69, 9.17) is 22.1 Å². The van der Waals surface area contributed by atoms with Crippen LogP contribution in [0.5, 0.6) is 0 Å². The highest BCUT2D eigenvalue weighted by Crippen LogP contribution is 2.52. The van der Waals surface area contributed by atoms with Crippen LogP contribution in [-0.2, 0) is 9.53 Å². The first-order valence-corrected chi connectivity index (χ1v) is 7.26. The monoisotopic (exact) mass is 303 g/mol. The third-order valence-electron chi connectivity index (χ3n) is 3.29. The topological polar surface area (TPSA) is 52.3 Å². The first kappa shape index (κ1) is 14.5. The van der Waals surface area contributed by atoms with Crippen molar-refractivity contribution < 1.29 is 13.9 Å². The lowest BCUT2D eigenvalue weighted by Crippen LogP contribution is -2.13. The van der Waals surface area contributed by atoms with Crippen LogP contribution in [0.3, 0.4) is 0 Å². The van der Waals surface area contributed by atoms with E-state index in [2.05, 4.69) is 0 Å². The zero-order chi connectivity index (χ0) is 14.0. The zero-order valence-corrected chi connectivity index (χ0v) is 12.1. The minimum Gasteiger partial charge on any atom is -0.469 e. The molecule has 0 unspecified atom stereocenters. The van der Waals surface area contributed by atoms with Crippen LogP contribution in [0.2, 0.25) is 5.02 Å². The highest BCUT2D eigenvalue weighted by atomic mass is 35.5. The van der Waals surface area contributed by atoms with Gasteiger partial charge in [-0.1, -0.05) is 11.6 Å². The Morgan fingerprint density at radius 2 is 2.26 bits per heavy atom. The number of benzene rings is 1. The van der Waals surface area contributed by atoms with E-state index < -0.39 is 5.82 Å². The van der Waals surface area contributed by atoms with Crippen LogP contribution in [0.4, 0.5) is 10.1 Å². The number of nitrogens with two attached hydrogens (primary N) is 1. The van der Waals surface area contributed by atoms with Crippen molar-refractivity contribution in [1.82, 2.24) is 0 Å². The number of hydrogen-bond donors (Lipinski definition) is 1. The van der Waals surface area contributed by atoms with Crippen LogP contribution < -0.4 is 5.73 Å². The number of hydrogen-bond acceptors (Lipinski definition) is 4. The molecule has 0 bridgehead atoms. The normalized spacial score (nSPS) is 16.2. The fraction of sp³-hybridized carbons (Fsp3) is 0.462. The van der Waals surface area contributed by atoms with Crippen LogP contribution in [0.25, 0.3) is 0 Å². The summed E-state index contributed by atoms with van der Waals surface area (Å²) in [7, 11) is 1.39. The highest BCUT2D eigenvalue weighted by Gasteiger charge is 2.44. The summed E-state index contributed by atoms with van der Waals surface area (Å²) >= 11 is 7.25. The molecule has 0 aromatic heterocycles. The number of methoxy groups -OCH3 is 1. The first-order valence-electron chi connectivity index (χ1n) is 5.90. The molecule has 1 aromatic carbocycles. The molecule has 1 fully saturated rings. The first-order chi connectivity index (χ1) is 8.96. The summed E-state index contributed by atoms with van der Waals surface area (Å²) in [4.78, 5) is 12.1. The molecule has 0 aliphatic heterocycles. The molecule has 104 valence electrons. The van der Waals surface area contributed by atoms with Gasteiger partial charge in [0.15, 0.2) is 0 Å². The maximum atomic E-state index is 13.2. The molecule has 1 saturated carbocycles. The van der Waals surface area contributed by atoms with Gasteiger partial charge in [-0.15, -0.1) is 11.8 Å². The van der Waals surface area contributed by atoms with Crippen molar-refractivity contribution >= 4 is 35.0 Å². The smallest absolute Gasteiger partial charge is 0.306 e. The van der Waals surface area contributed by atoms with Crippen LogP contribution in [0.1, 0.15) is 19.3 Å². The van der Waals surface area contributed by atoms with E-state index in [-0.39, 0.29) is 16.4 Å². The molecule has 19 heavy (non-hydrogen) atoms. The standard InChI is InChI=1S/C13H15ClFNO2S/c1-18-12(17)6-13(2-3-13)7-19-11-4-8(14)9(15)5-10(11)16/h4-5H,2-3,6-7,16H2,1H3. The van der Waals surface area contributed by atoms with Gasteiger partial charge in [0.25, 0.3) is 0 Å². The summed E-state index contributed by atoms with van der Waals surface area (Å²) in [5.74, 6) is 0.0521. The summed E-state index contributed by atoms with van der Waals surface area (Å²) in [6.07, 6.45) is 2.43. The Labute approximate surface area is 120 Å². The number of anilines is 1. The summed E-state index contributed by atoms with van der Waals surface area (Å²) < 4.78 is 17.9. The number of ether oxygens (including phenoxy) is 1. The third kappa shape index (κ3) is 3.54. The van der Waals surface area contributed by atoms with Crippen molar-refractivity contribution in [2.75, 3.05) is 18.6 Å². The lowest BCUT2D eigenvalue weighted by Gasteiger charge is -2.14. The molecule has 0 atom stereocenters. The van der Waals surface area contributed by atoms with E-state index in [1.165, 1.54) is 31.0 Å². The fourth-order valence-electron chi connectivity index (χ4n) is 1.83. The zero-order valence-electron chi connectivity index (χ0n) is 10.5. The minimum atomic E-state index is -0.515. The molecule has 1 aromatic rings. The number of rotatable bonds is 5. The Morgan fingerprint density at radius 3 is 2.84 bits per heavy atom. The van der Waals surface area contributed by atoms with Gasteiger partial charge >= 0.3 is 5.97 Å². The van der Waals surface area contributed by atoms with Crippen LogP contribution >= 0.6 is 23.4 Å². The number of esters is 1. The van der Waals surface area contributed by atoms with Crippen LogP contribution in [-0.4, -0.2) is 18.8 Å². The minimum absolute atomic E-state index is 0.00502. The average Bonchev–Trinajstić information content (AvgIpc) is 3.12. The molecule has 0 heterocycles. The molecule has 1 aliphatic rings. The second-order valence-corrected chi connectivity index (χ2v) is 6.27. The molecule has 0 spiro atoms. The Kier molecular flexibility index (Phi) is 4.26. The van der Waals surface area contributed by atoms with Crippen molar-refractivity contribution in [3.63, 3.8) is 0 Å². The number of thioether (sulfide) groups is 1. The predicted octanol–water partition coefficient (Wildman–Crippen LogP) is 3.50. The second-order valence-electron chi connectivity index (χ2n) is 4.85. The van der Waals surface area contributed by atoms with Crippen molar-refractivity contribution in [3.8, 4) is 0 Å². The molecule has 0 saturated heterocycles. The molecular weight excluding hydrogens is 289 g/mol. The maximum absolute atomic E-state index is 13.2. The van der Waals surface area contributed by atoms with E-state index in [1.807, 2.05) is 0 Å². The van der Waals surface area contributed by atoms with E-state index >= 15 is 0 Å². The van der Waals surface area contributed by atoms with Gasteiger partial charge in [0.2, 0.25) is 0 Å². The van der Waals surface area contributed by atoms with Gasteiger partial charge in [0, 0.05) is 16.3 Å². The van der Waals surface area contributed by atoms with E-state index in [0.717, 1.165) is 23.5 Å². The molecule has 1 aliphatic carbocycles. The molecule has 2 N–H and O–H groups in total. The molecule has 3 nitrogen and oxygen atoms in total. The van der Waals surface area contributed by atoms with Crippen LogP contribution in [0, 0.1) is 11.2 Å². The molecular formula is C13H15ClFNO2S. The van der Waals surface area contributed by atoms with Crippen LogP contribution in [0.15, 0.2) is 17.0 Å². The number of nitrogen functional groups attached to an aromatic ring is 1. The summed E-state index contributed by atoms with van der Waals surface area (Å²) in [6.45, 7) is 0. The summed E-state index contributed by atoms with van der Waals surface area (Å²) in [6, 6.07) is 2.76. The lowest BCUT2D eigenvalue weighted by molar-refractivity contribution is -0.141. The average molecular weight is 304 g/mol. The van der Waals surface area contributed by atoms with Gasteiger partial charge in [0.1, 0.15) is 5.82 Å². The second kappa shape index (κ2) is 5.59. The number of halogens is 2. The molecule has 6 heteroatoms. The Balaban J connectivity index is 1.99. The van der Waals surface area contributed by atoms with Gasteiger partial charge in [-0.3, -0.25) is 4.79 Å². The van der Waals surface area contributed by atoms with E-state index in [0.29, 0.717) is 12.1 Å². The number of carbonyl (C=O) groups excluding carboxylic acids is 1. The van der Waals surface area contributed by atoms with Gasteiger partial charge < -0.3 is 10.5 Å². The Morgan fingerprint density at radius 1 is 1.58 bits per heavy atom. The molecule has 2 rings (SSSR count). The van der Waals surface area contributed by atoms with Gasteiger partial charge in [-0.25, -0.2) is 4.39 Å². The van der Waals surface area contributed by atoms with Crippen molar-refractivity contribution in [2.24, 2.45) is 5.41 Å². The summed E-state index contributed by atoms with van der Waals surface area (Å²) in [5.41, 5.74) is 6.14. The third-order valence-corrected chi connectivity index (χ3v) is 5.00. The van der Waals surface area contributed by atoms with E-state index in [1.54, 1.807) is 0 Å². The molecule has 0 radical (unpaired) electrons. The quantitative estimate of drug-likeness (QED) is 0.514. The van der Waals surface area contributed by atoms with Crippen molar-refractivity contribution in [1.29, 1.82) is 0 Å². The SMILES string of the molecule is COC(=O)CC1(CSc2cc(Cl)c(F)cc2N)CC1. The Hall–Kier alpha value is -0.940. The van der Waals surface area contributed by atoms with Gasteiger partial charge in [0.05, 0.1) is 18.6 Å². The van der Waals surface area contributed by atoms with Gasteiger partial charge in [-0.05, 0) is 30.4 Å². The predicted molar refractivity (Wildman–Crippen MR) is 74.8 cm³/mol. The highest BCUT2D eigenvalue weighted by molar-refractivity contribution is 7.99. The fourth-order valence-corrected chi connectivity index (χ4v) is 3.33.